The molecule has 0 amide bonds. The number of benzene rings is 1. The van der Waals surface area contributed by atoms with E-state index in [0.717, 1.165) is 0 Å². The largest absolute Gasteiger partial charge is 0.458 e. The minimum Gasteiger partial charge on any atom is -0.207 e. The van der Waals surface area contributed by atoms with Crippen molar-refractivity contribution in [3.05, 3.63) is 35.1 Å². The molecule has 0 bridgehead atoms. The molecule has 0 nitrogen and oxygen atoms in total. The predicted molar refractivity (Wildman–Crippen MR) is 36.3 cm³/mol. The lowest BCUT2D eigenvalue weighted by Crippen LogP contribution is -2.35. The molecule has 0 spiro atoms. The Morgan fingerprint density at radius 1 is 0.750 bits per heavy atom. The third-order valence-electron chi connectivity index (χ3n) is 1.68. The van der Waals surface area contributed by atoms with Gasteiger partial charge >= 0.3 is 12.1 Å². The van der Waals surface area contributed by atoms with Crippen molar-refractivity contribution >= 4 is 0 Å². The molecule has 0 saturated heterocycles. The molecule has 0 N–H and O–H groups in total. The van der Waals surface area contributed by atoms with Gasteiger partial charge in [-0.05, 0) is 0 Å². The molecule has 0 aliphatic carbocycles. The van der Waals surface area contributed by atoms with E-state index in [2.05, 4.69) is 0 Å². The molecule has 0 heterocycles. The summed E-state index contributed by atoms with van der Waals surface area (Å²) >= 11 is 0. The fourth-order valence-electron chi connectivity index (χ4n) is 0.984. The first-order chi connectivity index (χ1) is 7.07. The summed E-state index contributed by atoms with van der Waals surface area (Å²) in [5.74, 6) is -11.9. The molecule has 0 unspecified atom stereocenters. The van der Waals surface area contributed by atoms with E-state index in [1.165, 1.54) is 0 Å². The second-order valence-electron chi connectivity index (χ2n) is 2.82. The topological polar surface area (TPSA) is 0 Å². The van der Waals surface area contributed by atoms with E-state index in [9.17, 15) is 35.1 Å². The van der Waals surface area contributed by atoms with E-state index in [0.29, 0.717) is 0 Å². The van der Waals surface area contributed by atoms with E-state index in [1.807, 2.05) is 0 Å². The van der Waals surface area contributed by atoms with Gasteiger partial charge in [-0.3, -0.25) is 0 Å². The highest BCUT2D eigenvalue weighted by Gasteiger charge is 2.61. The lowest BCUT2D eigenvalue weighted by molar-refractivity contribution is -0.291. The second kappa shape index (κ2) is 3.60. The average Bonchev–Trinajstić information content (AvgIpc) is 1.97. The van der Waals surface area contributed by atoms with Gasteiger partial charge in [-0.25, -0.2) is 13.2 Å². The fraction of sp³-hybridized carbons (Fsp3) is 0.250. The number of hydrogen-bond donors (Lipinski definition) is 0. The highest BCUT2D eigenvalue weighted by molar-refractivity contribution is 5.26. The van der Waals surface area contributed by atoms with Gasteiger partial charge in [-0.2, -0.15) is 22.0 Å². The Balaban J connectivity index is 3.45. The summed E-state index contributed by atoms with van der Waals surface area (Å²) in [5.41, 5.74) is -2.51. The Bertz CT molecular complexity index is 382. The molecule has 8 heteroatoms. The Labute approximate surface area is 83.5 Å². The van der Waals surface area contributed by atoms with Crippen LogP contribution in [0.1, 0.15) is 5.56 Å². The SMILES string of the molecule is Fc1cc(F)c(C(F)(F)C(F)(F)F)c(F)c1. The Hall–Kier alpha value is -1.34. The van der Waals surface area contributed by atoms with Crippen LogP contribution in [0.2, 0.25) is 0 Å². The van der Waals surface area contributed by atoms with Crippen LogP contribution in [0.4, 0.5) is 35.1 Å². The zero-order chi connectivity index (χ0) is 12.7. The summed E-state index contributed by atoms with van der Waals surface area (Å²) < 4.78 is 98.2. The van der Waals surface area contributed by atoms with Gasteiger partial charge in [0.2, 0.25) is 0 Å². The van der Waals surface area contributed by atoms with Crippen LogP contribution in [0.5, 0.6) is 0 Å². The molecule has 0 fully saturated rings. The van der Waals surface area contributed by atoms with Crippen LogP contribution in [0, 0.1) is 17.5 Å². The minimum absolute atomic E-state index is 0.252. The molecule has 0 aliphatic rings. The van der Waals surface area contributed by atoms with Crippen molar-refractivity contribution in [1.82, 2.24) is 0 Å². The predicted octanol–water partition coefficient (Wildman–Crippen LogP) is 3.76. The van der Waals surface area contributed by atoms with E-state index < -0.39 is 35.1 Å². The fourth-order valence-corrected chi connectivity index (χ4v) is 0.984. The van der Waals surface area contributed by atoms with Crippen molar-refractivity contribution in [3.63, 3.8) is 0 Å². The second-order valence-corrected chi connectivity index (χ2v) is 2.82. The maximum atomic E-state index is 12.7. The lowest BCUT2D eigenvalue weighted by atomic mass is 10.1. The zero-order valence-corrected chi connectivity index (χ0v) is 7.18. The molecule has 0 aliphatic heterocycles. The van der Waals surface area contributed by atoms with Crippen LogP contribution in [0.25, 0.3) is 0 Å². The van der Waals surface area contributed by atoms with Gasteiger partial charge in [0.05, 0.1) is 0 Å². The average molecular weight is 250 g/mol. The van der Waals surface area contributed by atoms with Gasteiger partial charge in [-0.1, -0.05) is 0 Å². The molecule has 1 rings (SSSR count). The summed E-state index contributed by atoms with van der Waals surface area (Å²) in [6.45, 7) is 0. The highest BCUT2D eigenvalue weighted by atomic mass is 19.4. The lowest BCUT2D eigenvalue weighted by Gasteiger charge is -2.20. The summed E-state index contributed by atoms with van der Waals surface area (Å²) in [6, 6.07) is -0.504. The van der Waals surface area contributed by atoms with Crippen molar-refractivity contribution in [2.24, 2.45) is 0 Å². The minimum atomic E-state index is -6.16. The number of halogens is 8. The standard InChI is InChI=1S/C8H2F8/c9-3-1-4(10)6(5(11)2-3)7(12,13)8(14,15)16/h1-2H. The molecule has 0 radical (unpaired) electrons. The summed E-state index contributed by atoms with van der Waals surface area (Å²) in [7, 11) is 0. The van der Waals surface area contributed by atoms with Gasteiger partial charge < -0.3 is 0 Å². The molecule has 0 atom stereocenters. The maximum absolute atomic E-state index is 12.7. The molecular weight excluding hydrogens is 248 g/mol. The molecule has 0 aromatic heterocycles. The van der Waals surface area contributed by atoms with Gasteiger partial charge in [0, 0.05) is 12.1 Å². The summed E-state index contributed by atoms with van der Waals surface area (Å²) in [5, 5.41) is 0. The first-order valence-corrected chi connectivity index (χ1v) is 3.67. The molecule has 1 aromatic rings. The Morgan fingerprint density at radius 2 is 1.12 bits per heavy atom. The Morgan fingerprint density at radius 3 is 1.44 bits per heavy atom. The first kappa shape index (κ1) is 12.7. The monoisotopic (exact) mass is 250 g/mol. The van der Waals surface area contributed by atoms with Crippen molar-refractivity contribution in [3.8, 4) is 0 Å². The van der Waals surface area contributed by atoms with Gasteiger partial charge in [0.15, 0.2) is 0 Å². The van der Waals surface area contributed by atoms with Gasteiger partial charge in [0.25, 0.3) is 0 Å². The third-order valence-corrected chi connectivity index (χ3v) is 1.68. The van der Waals surface area contributed by atoms with Gasteiger partial charge in [-0.15, -0.1) is 0 Å². The molecule has 16 heavy (non-hydrogen) atoms. The van der Waals surface area contributed by atoms with E-state index in [-0.39, 0.29) is 12.1 Å². The van der Waals surface area contributed by atoms with Crippen molar-refractivity contribution in [2.45, 2.75) is 12.1 Å². The van der Waals surface area contributed by atoms with Crippen molar-refractivity contribution in [1.29, 1.82) is 0 Å². The highest BCUT2D eigenvalue weighted by Crippen LogP contribution is 2.45. The van der Waals surface area contributed by atoms with Crippen molar-refractivity contribution in [2.75, 3.05) is 0 Å². The van der Waals surface area contributed by atoms with E-state index >= 15 is 0 Å². The van der Waals surface area contributed by atoms with Crippen molar-refractivity contribution < 1.29 is 35.1 Å². The van der Waals surface area contributed by atoms with E-state index in [1.54, 1.807) is 0 Å². The van der Waals surface area contributed by atoms with Crippen LogP contribution < -0.4 is 0 Å². The molecule has 90 valence electrons. The quantitative estimate of drug-likeness (QED) is 0.666. The summed E-state index contributed by atoms with van der Waals surface area (Å²) in [6.07, 6.45) is -6.16. The van der Waals surface area contributed by atoms with Crippen LogP contribution in [0.15, 0.2) is 12.1 Å². The Kier molecular flexibility index (Phi) is 2.86. The number of hydrogen-bond acceptors (Lipinski definition) is 0. The molecular formula is C8H2F8. The normalized spacial score (nSPS) is 13.0. The maximum Gasteiger partial charge on any atom is 0.458 e. The van der Waals surface area contributed by atoms with Crippen LogP contribution in [-0.2, 0) is 5.92 Å². The zero-order valence-electron chi connectivity index (χ0n) is 7.18. The van der Waals surface area contributed by atoms with Crippen LogP contribution in [0.3, 0.4) is 0 Å². The summed E-state index contributed by atoms with van der Waals surface area (Å²) in [4.78, 5) is 0. The third kappa shape index (κ3) is 1.96. The first-order valence-electron chi connectivity index (χ1n) is 3.67. The van der Waals surface area contributed by atoms with Crippen LogP contribution in [-0.4, -0.2) is 6.18 Å². The van der Waals surface area contributed by atoms with Gasteiger partial charge in [0.1, 0.15) is 23.0 Å². The van der Waals surface area contributed by atoms with Crippen LogP contribution >= 0.6 is 0 Å². The molecule has 1 aromatic carbocycles. The number of alkyl halides is 5. The molecule has 0 saturated carbocycles. The van der Waals surface area contributed by atoms with E-state index in [4.69, 9.17) is 0 Å². The number of rotatable bonds is 1. The smallest absolute Gasteiger partial charge is 0.207 e.